The predicted molar refractivity (Wildman–Crippen MR) is 54.0 cm³/mol. The van der Waals surface area contributed by atoms with E-state index >= 15 is 0 Å². The van der Waals surface area contributed by atoms with Gasteiger partial charge in [0.05, 0.1) is 0 Å². The molecule has 0 spiro atoms. The first kappa shape index (κ1) is 9.31. The summed E-state index contributed by atoms with van der Waals surface area (Å²) < 4.78 is 0. The van der Waals surface area contributed by atoms with E-state index in [9.17, 15) is 0 Å². The Labute approximate surface area is 75.6 Å². The summed E-state index contributed by atoms with van der Waals surface area (Å²) in [5.41, 5.74) is 1.46. The third-order valence-corrected chi connectivity index (χ3v) is 1.99. The maximum atomic E-state index is 2.20. The summed E-state index contributed by atoms with van der Waals surface area (Å²) >= 11 is 0. The number of hydrogen-bond donors (Lipinski definition) is 0. The standard InChI is InChI=1S/C12H17/c1-11(2)7-6-10-12-8-4-3-5-9-12/h3-5,8-9H,6-7,10H2,1-2H3. The fourth-order valence-electron chi connectivity index (χ4n) is 1.29. The molecule has 0 saturated carbocycles. The highest BCUT2D eigenvalue weighted by Gasteiger charge is 1.95. The Hall–Kier alpha value is -0.780. The lowest BCUT2D eigenvalue weighted by atomic mass is 10.0. The van der Waals surface area contributed by atoms with E-state index in [1.807, 2.05) is 0 Å². The zero-order chi connectivity index (χ0) is 8.81. The molecule has 0 aliphatic rings. The van der Waals surface area contributed by atoms with Crippen LogP contribution in [0.15, 0.2) is 30.3 Å². The summed E-state index contributed by atoms with van der Waals surface area (Å²) in [6, 6.07) is 10.7. The van der Waals surface area contributed by atoms with Crippen LogP contribution >= 0.6 is 0 Å². The molecule has 0 N–H and O–H groups in total. The van der Waals surface area contributed by atoms with Crippen LogP contribution in [-0.2, 0) is 6.42 Å². The van der Waals surface area contributed by atoms with Crippen molar-refractivity contribution < 1.29 is 0 Å². The van der Waals surface area contributed by atoms with Crippen molar-refractivity contribution in [2.75, 3.05) is 0 Å². The average molecular weight is 161 g/mol. The van der Waals surface area contributed by atoms with Gasteiger partial charge in [0.15, 0.2) is 0 Å². The molecule has 0 amide bonds. The summed E-state index contributed by atoms with van der Waals surface area (Å²) in [4.78, 5) is 0. The molecule has 1 rings (SSSR count). The van der Waals surface area contributed by atoms with Crippen LogP contribution in [-0.4, -0.2) is 0 Å². The molecule has 0 aliphatic heterocycles. The highest BCUT2D eigenvalue weighted by atomic mass is 14.0. The quantitative estimate of drug-likeness (QED) is 0.632. The van der Waals surface area contributed by atoms with Crippen molar-refractivity contribution in [2.24, 2.45) is 0 Å². The van der Waals surface area contributed by atoms with Crippen LogP contribution in [0.25, 0.3) is 0 Å². The lowest BCUT2D eigenvalue weighted by Gasteiger charge is -2.03. The lowest BCUT2D eigenvalue weighted by molar-refractivity contribution is 0.747. The molecule has 0 heteroatoms. The summed E-state index contributed by atoms with van der Waals surface area (Å²) in [7, 11) is 0. The van der Waals surface area contributed by atoms with Gasteiger partial charge in [0.25, 0.3) is 0 Å². The number of rotatable bonds is 4. The third kappa shape index (κ3) is 3.56. The lowest BCUT2D eigenvalue weighted by Crippen LogP contribution is -1.88. The Morgan fingerprint density at radius 3 is 2.33 bits per heavy atom. The maximum absolute atomic E-state index is 2.20. The Morgan fingerprint density at radius 1 is 1.08 bits per heavy atom. The van der Waals surface area contributed by atoms with Crippen molar-refractivity contribution in [1.82, 2.24) is 0 Å². The van der Waals surface area contributed by atoms with Gasteiger partial charge in [0.2, 0.25) is 0 Å². The van der Waals surface area contributed by atoms with Crippen molar-refractivity contribution >= 4 is 0 Å². The Morgan fingerprint density at radius 2 is 1.75 bits per heavy atom. The monoisotopic (exact) mass is 161 g/mol. The summed E-state index contributed by atoms with van der Waals surface area (Å²) in [5, 5.41) is 0. The minimum absolute atomic E-state index is 1.21. The van der Waals surface area contributed by atoms with E-state index in [-0.39, 0.29) is 0 Å². The van der Waals surface area contributed by atoms with Gasteiger partial charge in [-0.05, 0) is 30.7 Å². The largest absolute Gasteiger partial charge is 0.0622 e. The highest BCUT2D eigenvalue weighted by molar-refractivity contribution is 5.14. The van der Waals surface area contributed by atoms with Gasteiger partial charge in [-0.3, -0.25) is 0 Å². The zero-order valence-electron chi connectivity index (χ0n) is 8.01. The molecule has 0 nitrogen and oxygen atoms in total. The first-order chi connectivity index (χ1) is 5.79. The molecule has 1 aromatic rings. The second-order valence-corrected chi connectivity index (χ2v) is 3.55. The van der Waals surface area contributed by atoms with E-state index in [1.165, 1.54) is 30.7 Å². The van der Waals surface area contributed by atoms with Gasteiger partial charge in [0, 0.05) is 0 Å². The van der Waals surface area contributed by atoms with Gasteiger partial charge in [-0.1, -0.05) is 44.2 Å². The van der Waals surface area contributed by atoms with Crippen LogP contribution in [0.3, 0.4) is 0 Å². The van der Waals surface area contributed by atoms with Crippen LogP contribution in [0.5, 0.6) is 0 Å². The summed E-state index contributed by atoms with van der Waals surface area (Å²) in [5.74, 6) is 1.53. The van der Waals surface area contributed by atoms with Gasteiger partial charge in [-0.15, -0.1) is 0 Å². The first-order valence-corrected chi connectivity index (χ1v) is 4.62. The molecule has 0 atom stereocenters. The molecule has 0 fully saturated rings. The number of hydrogen-bond acceptors (Lipinski definition) is 0. The van der Waals surface area contributed by atoms with Crippen molar-refractivity contribution in [3.8, 4) is 0 Å². The average Bonchev–Trinajstić information content (AvgIpc) is 2.05. The van der Waals surface area contributed by atoms with E-state index in [0.717, 1.165) is 0 Å². The second-order valence-electron chi connectivity index (χ2n) is 3.55. The third-order valence-electron chi connectivity index (χ3n) is 1.99. The fourth-order valence-corrected chi connectivity index (χ4v) is 1.29. The second kappa shape index (κ2) is 4.97. The molecule has 0 saturated heterocycles. The molecule has 1 aromatic carbocycles. The Balaban J connectivity index is 2.25. The summed E-state index contributed by atoms with van der Waals surface area (Å²) in [6.45, 7) is 4.40. The smallest absolute Gasteiger partial charge is 0.0279 e. The molecule has 0 heterocycles. The fraction of sp³-hybridized carbons (Fsp3) is 0.417. The number of aryl methyl sites for hydroxylation is 1. The van der Waals surface area contributed by atoms with Crippen molar-refractivity contribution in [3.63, 3.8) is 0 Å². The molecule has 0 bridgehead atoms. The van der Waals surface area contributed by atoms with Crippen molar-refractivity contribution in [2.45, 2.75) is 33.1 Å². The van der Waals surface area contributed by atoms with Crippen molar-refractivity contribution in [1.29, 1.82) is 0 Å². The van der Waals surface area contributed by atoms with Crippen LogP contribution < -0.4 is 0 Å². The Bertz CT molecular complexity index is 199. The molecular formula is C12H17. The van der Waals surface area contributed by atoms with Gasteiger partial charge >= 0.3 is 0 Å². The highest BCUT2D eigenvalue weighted by Crippen LogP contribution is 2.10. The number of benzene rings is 1. The maximum Gasteiger partial charge on any atom is -0.0279 e. The SMILES string of the molecule is C[C](C)CCCc1ccccc1. The topological polar surface area (TPSA) is 0 Å². The zero-order valence-corrected chi connectivity index (χ0v) is 8.01. The first-order valence-electron chi connectivity index (χ1n) is 4.62. The van der Waals surface area contributed by atoms with Crippen molar-refractivity contribution in [3.05, 3.63) is 41.8 Å². The molecule has 1 radical (unpaired) electrons. The molecule has 0 unspecified atom stereocenters. The van der Waals surface area contributed by atoms with Crippen LogP contribution in [0, 0.1) is 5.92 Å². The Kier molecular flexibility index (Phi) is 3.86. The minimum atomic E-state index is 1.21. The van der Waals surface area contributed by atoms with Gasteiger partial charge in [-0.2, -0.15) is 0 Å². The van der Waals surface area contributed by atoms with Crippen LogP contribution in [0.1, 0.15) is 32.3 Å². The van der Waals surface area contributed by atoms with Gasteiger partial charge < -0.3 is 0 Å². The van der Waals surface area contributed by atoms with E-state index in [0.29, 0.717) is 0 Å². The molecule has 12 heavy (non-hydrogen) atoms. The predicted octanol–water partition coefficient (Wildman–Crippen LogP) is 3.62. The van der Waals surface area contributed by atoms with E-state index < -0.39 is 0 Å². The normalized spacial score (nSPS) is 10.6. The minimum Gasteiger partial charge on any atom is -0.0622 e. The summed E-state index contributed by atoms with van der Waals surface area (Å²) in [6.07, 6.45) is 3.76. The molecular weight excluding hydrogens is 144 g/mol. The molecule has 0 aromatic heterocycles. The molecule has 65 valence electrons. The van der Waals surface area contributed by atoms with E-state index in [1.54, 1.807) is 0 Å². The molecule has 0 aliphatic carbocycles. The van der Waals surface area contributed by atoms with E-state index in [2.05, 4.69) is 44.2 Å². The van der Waals surface area contributed by atoms with Crippen LogP contribution in [0.4, 0.5) is 0 Å². The van der Waals surface area contributed by atoms with E-state index in [4.69, 9.17) is 0 Å². The van der Waals surface area contributed by atoms with Gasteiger partial charge in [0.1, 0.15) is 0 Å². The van der Waals surface area contributed by atoms with Crippen LogP contribution in [0.2, 0.25) is 0 Å². The van der Waals surface area contributed by atoms with Gasteiger partial charge in [-0.25, -0.2) is 0 Å².